The molecule has 7 nitrogen and oxygen atoms in total. The number of nitrogens with two attached hydrogens (primary N) is 1. The second-order valence-electron chi connectivity index (χ2n) is 8.92. The molecule has 2 atom stereocenters. The van der Waals surface area contributed by atoms with Crippen LogP contribution >= 0.6 is 0 Å². The number of rotatable bonds is 9. The highest BCUT2D eigenvalue weighted by Gasteiger charge is 2.28. The SMILES string of the molecule is COC(=O)C1CCCCN1CCCCOc1cc2ncnc([C@H](C)c3ccccc3)c2cc1N. The summed E-state index contributed by atoms with van der Waals surface area (Å²) in [5, 5.41) is 0.947. The van der Waals surface area contributed by atoms with Gasteiger partial charge in [0.25, 0.3) is 0 Å². The summed E-state index contributed by atoms with van der Waals surface area (Å²) in [4.78, 5) is 23.3. The van der Waals surface area contributed by atoms with Crippen molar-refractivity contribution in [3.8, 4) is 5.75 Å². The molecule has 2 N–H and O–H groups in total. The van der Waals surface area contributed by atoms with Crippen LogP contribution in [0, 0.1) is 0 Å². The van der Waals surface area contributed by atoms with E-state index in [9.17, 15) is 4.79 Å². The molecule has 0 saturated carbocycles. The van der Waals surface area contributed by atoms with E-state index in [-0.39, 0.29) is 17.9 Å². The number of nitrogens with zero attached hydrogens (tertiary/aromatic N) is 3. The van der Waals surface area contributed by atoms with Crippen molar-refractivity contribution in [3.63, 3.8) is 0 Å². The largest absolute Gasteiger partial charge is 0.491 e. The van der Waals surface area contributed by atoms with E-state index in [0.29, 0.717) is 18.0 Å². The monoisotopic (exact) mass is 462 g/mol. The first-order valence-corrected chi connectivity index (χ1v) is 12.1. The first-order chi connectivity index (χ1) is 16.6. The first-order valence-electron chi connectivity index (χ1n) is 12.1. The highest BCUT2D eigenvalue weighted by molar-refractivity contribution is 5.87. The molecule has 0 radical (unpaired) electrons. The number of unbranched alkanes of at least 4 members (excludes halogenated alkanes) is 1. The summed E-state index contributed by atoms with van der Waals surface area (Å²) in [6.07, 6.45) is 6.52. The Morgan fingerprint density at radius 1 is 1.18 bits per heavy atom. The normalized spacial score (nSPS) is 17.4. The maximum absolute atomic E-state index is 12.0. The van der Waals surface area contributed by atoms with Gasteiger partial charge in [0.1, 0.15) is 18.1 Å². The van der Waals surface area contributed by atoms with Gasteiger partial charge in [-0.15, -0.1) is 0 Å². The lowest BCUT2D eigenvalue weighted by Gasteiger charge is -2.33. The molecule has 1 saturated heterocycles. The van der Waals surface area contributed by atoms with Gasteiger partial charge in [0, 0.05) is 17.4 Å². The van der Waals surface area contributed by atoms with Gasteiger partial charge in [-0.1, -0.05) is 43.7 Å². The Morgan fingerprint density at radius 3 is 2.79 bits per heavy atom. The molecule has 0 spiro atoms. The van der Waals surface area contributed by atoms with E-state index in [4.69, 9.17) is 15.2 Å². The molecule has 180 valence electrons. The molecule has 2 heterocycles. The van der Waals surface area contributed by atoms with E-state index in [2.05, 4.69) is 33.9 Å². The molecule has 4 rings (SSSR count). The average Bonchev–Trinajstić information content (AvgIpc) is 2.88. The van der Waals surface area contributed by atoms with Gasteiger partial charge in [0.15, 0.2) is 0 Å². The number of piperidine rings is 1. The molecule has 0 aliphatic carbocycles. The van der Waals surface area contributed by atoms with Gasteiger partial charge in [0.2, 0.25) is 0 Å². The summed E-state index contributed by atoms with van der Waals surface area (Å²) in [5.41, 5.74) is 9.92. The van der Waals surface area contributed by atoms with Crippen LogP contribution in [0.25, 0.3) is 10.9 Å². The van der Waals surface area contributed by atoms with E-state index in [1.54, 1.807) is 6.33 Å². The maximum Gasteiger partial charge on any atom is 0.323 e. The van der Waals surface area contributed by atoms with Crippen molar-refractivity contribution in [1.82, 2.24) is 14.9 Å². The Morgan fingerprint density at radius 2 is 2.00 bits per heavy atom. The van der Waals surface area contributed by atoms with Crippen molar-refractivity contribution >= 4 is 22.6 Å². The zero-order valence-electron chi connectivity index (χ0n) is 20.1. The lowest BCUT2D eigenvalue weighted by Crippen LogP contribution is -2.45. The lowest BCUT2D eigenvalue weighted by atomic mass is 9.94. The van der Waals surface area contributed by atoms with Crippen LogP contribution in [0.2, 0.25) is 0 Å². The maximum atomic E-state index is 12.0. The van der Waals surface area contributed by atoms with Crippen LogP contribution in [0.3, 0.4) is 0 Å². The van der Waals surface area contributed by atoms with E-state index < -0.39 is 0 Å². The van der Waals surface area contributed by atoms with Gasteiger partial charge in [-0.2, -0.15) is 0 Å². The highest BCUT2D eigenvalue weighted by Crippen LogP contribution is 2.33. The smallest absolute Gasteiger partial charge is 0.323 e. The highest BCUT2D eigenvalue weighted by atomic mass is 16.5. The van der Waals surface area contributed by atoms with Crippen LogP contribution in [-0.2, 0) is 9.53 Å². The summed E-state index contributed by atoms with van der Waals surface area (Å²) in [6.45, 7) is 4.52. The van der Waals surface area contributed by atoms with Crippen molar-refractivity contribution in [2.75, 3.05) is 32.5 Å². The number of hydrogen-bond acceptors (Lipinski definition) is 7. The molecule has 1 fully saturated rings. The number of methoxy groups -OCH3 is 1. The molecular weight excluding hydrogens is 428 g/mol. The summed E-state index contributed by atoms with van der Waals surface area (Å²) in [6, 6.07) is 14.0. The number of likely N-dealkylation sites (tertiary alicyclic amines) is 1. The third-order valence-corrected chi connectivity index (χ3v) is 6.69. The second kappa shape index (κ2) is 11.3. The van der Waals surface area contributed by atoms with E-state index in [1.807, 2.05) is 30.3 Å². The summed E-state index contributed by atoms with van der Waals surface area (Å²) in [5.74, 6) is 0.652. The van der Waals surface area contributed by atoms with E-state index in [0.717, 1.165) is 61.8 Å². The van der Waals surface area contributed by atoms with Gasteiger partial charge in [-0.05, 0) is 50.4 Å². The van der Waals surface area contributed by atoms with Gasteiger partial charge < -0.3 is 15.2 Å². The van der Waals surface area contributed by atoms with Crippen molar-refractivity contribution in [1.29, 1.82) is 0 Å². The number of fused-ring (bicyclic) bond motifs is 1. The Bertz CT molecular complexity index is 1110. The fraction of sp³-hybridized carbons (Fsp3) is 0.444. The molecule has 3 aromatic rings. The lowest BCUT2D eigenvalue weighted by molar-refractivity contribution is -0.148. The molecule has 7 heteroatoms. The van der Waals surface area contributed by atoms with Gasteiger partial charge in [0.05, 0.1) is 30.6 Å². The van der Waals surface area contributed by atoms with Crippen molar-refractivity contribution < 1.29 is 14.3 Å². The van der Waals surface area contributed by atoms with Crippen LogP contribution in [0.4, 0.5) is 5.69 Å². The second-order valence-corrected chi connectivity index (χ2v) is 8.92. The first kappa shape index (κ1) is 24.0. The third kappa shape index (κ3) is 5.47. The molecule has 2 aromatic carbocycles. The molecule has 1 unspecified atom stereocenters. The number of ether oxygens (including phenoxy) is 2. The Hall–Kier alpha value is -3.19. The van der Waals surface area contributed by atoms with Crippen molar-refractivity contribution in [2.45, 2.75) is 51.0 Å². The van der Waals surface area contributed by atoms with Crippen LogP contribution in [0.1, 0.15) is 56.2 Å². The fourth-order valence-electron chi connectivity index (χ4n) is 4.75. The predicted octanol–water partition coefficient (Wildman–Crippen LogP) is 4.55. The van der Waals surface area contributed by atoms with Gasteiger partial charge >= 0.3 is 5.97 Å². The number of carbonyl (C=O) groups is 1. The predicted molar refractivity (Wildman–Crippen MR) is 134 cm³/mol. The molecule has 1 aromatic heterocycles. The minimum atomic E-state index is -0.122. The molecule has 1 aliphatic heterocycles. The summed E-state index contributed by atoms with van der Waals surface area (Å²) in [7, 11) is 1.47. The molecule has 34 heavy (non-hydrogen) atoms. The quantitative estimate of drug-likeness (QED) is 0.283. The number of anilines is 1. The summed E-state index contributed by atoms with van der Waals surface area (Å²) < 4.78 is 11.0. The van der Waals surface area contributed by atoms with Crippen LogP contribution in [-0.4, -0.2) is 53.7 Å². The number of carbonyl (C=O) groups excluding carboxylic acids is 1. The Kier molecular flexibility index (Phi) is 7.95. The van der Waals surface area contributed by atoms with E-state index in [1.165, 1.54) is 12.7 Å². The van der Waals surface area contributed by atoms with Crippen LogP contribution in [0.5, 0.6) is 5.75 Å². The van der Waals surface area contributed by atoms with E-state index >= 15 is 0 Å². The fourth-order valence-corrected chi connectivity index (χ4v) is 4.75. The minimum absolute atomic E-state index is 0.108. The number of nitrogen functional groups attached to an aromatic ring is 1. The molecule has 0 amide bonds. The topological polar surface area (TPSA) is 90.6 Å². The van der Waals surface area contributed by atoms with Crippen molar-refractivity contribution in [3.05, 3.63) is 60.0 Å². The van der Waals surface area contributed by atoms with Gasteiger partial charge in [-0.3, -0.25) is 9.69 Å². The van der Waals surface area contributed by atoms with Crippen molar-refractivity contribution in [2.24, 2.45) is 0 Å². The standard InChI is InChI=1S/C27H34N4O3/c1-19(20-10-4-3-5-11-20)26-21-16-22(28)25(17-23(21)29-18-30-26)34-15-9-8-14-31-13-7-6-12-24(31)27(32)33-2/h3-5,10-11,16-19,24H,6-9,12-15,28H2,1-2H3/t19-,24?/m1/s1. The Labute approximate surface area is 201 Å². The molecule has 1 aliphatic rings. The number of esters is 1. The summed E-state index contributed by atoms with van der Waals surface area (Å²) >= 11 is 0. The number of benzene rings is 2. The minimum Gasteiger partial charge on any atom is -0.491 e. The number of aromatic nitrogens is 2. The van der Waals surface area contributed by atoms with Crippen LogP contribution in [0.15, 0.2) is 48.8 Å². The van der Waals surface area contributed by atoms with Crippen LogP contribution < -0.4 is 10.5 Å². The number of hydrogen-bond donors (Lipinski definition) is 1. The zero-order valence-corrected chi connectivity index (χ0v) is 20.1. The Balaban J connectivity index is 1.37. The third-order valence-electron chi connectivity index (χ3n) is 6.69. The molecule has 0 bridgehead atoms. The molecular formula is C27H34N4O3. The van der Waals surface area contributed by atoms with Gasteiger partial charge in [-0.25, -0.2) is 9.97 Å². The zero-order chi connectivity index (χ0) is 23.9. The average molecular weight is 463 g/mol.